The molecule has 0 aliphatic carbocycles. The van der Waals surface area contributed by atoms with Crippen molar-refractivity contribution in [1.29, 1.82) is 0 Å². The van der Waals surface area contributed by atoms with Crippen LogP contribution in [-0.4, -0.2) is 28.7 Å². The molecule has 1 aliphatic rings. The summed E-state index contributed by atoms with van der Waals surface area (Å²) in [5.74, 6) is 0. The van der Waals surface area contributed by atoms with E-state index in [2.05, 4.69) is 33.0 Å². The molecule has 1 heterocycles. The Morgan fingerprint density at radius 3 is 2.80 bits per heavy atom. The predicted molar refractivity (Wildman–Crippen MR) is 64.7 cm³/mol. The molecule has 0 amide bonds. The Kier molecular flexibility index (Phi) is 3.14. The molecule has 1 aliphatic heterocycles. The smallest absolute Gasteiger partial charge is 0.0897 e. The van der Waals surface area contributed by atoms with Gasteiger partial charge in [-0.05, 0) is 24.1 Å². The zero-order valence-electron chi connectivity index (χ0n) is 8.91. The molecule has 0 atom stereocenters. The summed E-state index contributed by atoms with van der Waals surface area (Å²) in [5.41, 5.74) is 0.869. The summed E-state index contributed by atoms with van der Waals surface area (Å²) in [4.78, 5) is 2.27. The molecule has 1 N–H and O–H groups in total. The number of β-amino-alcohol motifs (C(OH)–C–C–N with tert-alkyl or cyclic N) is 1. The fourth-order valence-corrected chi connectivity index (χ4v) is 2.46. The maximum atomic E-state index is 9.87. The average Bonchev–Trinajstić information content (AvgIpc) is 2.15. The molecule has 0 unspecified atom stereocenters. The first-order valence-corrected chi connectivity index (χ1v) is 6.10. The van der Waals surface area contributed by atoms with Gasteiger partial charge in [0.05, 0.1) is 5.60 Å². The zero-order valence-corrected chi connectivity index (χ0v) is 10.5. The molecule has 3 heteroatoms. The Balaban J connectivity index is 1.90. The summed E-state index contributed by atoms with van der Waals surface area (Å²) in [7, 11) is 0. The van der Waals surface area contributed by atoms with Gasteiger partial charge in [0.1, 0.15) is 0 Å². The van der Waals surface area contributed by atoms with E-state index in [-0.39, 0.29) is 0 Å². The monoisotopic (exact) mass is 269 g/mol. The Hall–Kier alpha value is -0.380. The van der Waals surface area contributed by atoms with Crippen LogP contribution >= 0.6 is 15.9 Å². The van der Waals surface area contributed by atoms with Gasteiger partial charge in [-0.3, -0.25) is 4.90 Å². The van der Waals surface area contributed by atoms with Crippen molar-refractivity contribution in [2.45, 2.75) is 25.5 Å². The number of rotatable bonds is 3. The van der Waals surface area contributed by atoms with E-state index in [0.29, 0.717) is 0 Å². The van der Waals surface area contributed by atoms with Crippen LogP contribution < -0.4 is 0 Å². The molecule has 1 saturated heterocycles. The van der Waals surface area contributed by atoms with E-state index < -0.39 is 5.60 Å². The summed E-state index contributed by atoms with van der Waals surface area (Å²) < 4.78 is 1.12. The first-order chi connectivity index (χ1) is 7.11. The van der Waals surface area contributed by atoms with E-state index in [1.54, 1.807) is 0 Å². The van der Waals surface area contributed by atoms with Crippen LogP contribution in [0.1, 0.15) is 18.9 Å². The quantitative estimate of drug-likeness (QED) is 0.911. The minimum absolute atomic E-state index is 0.425. The van der Waals surface area contributed by atoms with Gasteiger partial charge in [0.25, 0.3) is 0 Å². The summed E-state index contributed by atoms with van der Waals surface area (Å²) in [6.07, 6.45) is 0.849. The predicted octanol–water partition coefficient (Wildman–Crippen LogP) is 2.41. The Bertz CT molecular complexity index is 347. The van der Waals surface area contributed by atoms with Crippen molar-refractivity contribution >= 4 is 15.9 Å². The molecule has 0 aromatic heterocycles. The van der Waals surface area contributed by atoms with Crippen molar-refractivity contribution in [2.75, 3.05) is 13.1 Å². The number of hydrogen-bond donors (Lipinski definition) is 1. The summed E-state index contributed by atoms with van der Waals surface area (Å²) >= 11 is 3.46. The molecule has 2 nitrogen and oxygen atoms in total. The van der Waals surface area contributed by atoms with Crippen LogP contribution in [0.5, 0.6) is 0 Å². The third-order valence-corrected chi connectivity index (χ3v) is 3.48. The van der Waals surface area contributed by atoms with Crippen LogP contribution in [0.2, 0.25) is 0 Å². The van der Waals surface area contributed by atoms with E-state index in [1.807, 2.05) is 19.1 Å². The zero-order chi connectivity index (χ0) is 10.9. The molecular formula is C12H16BrNO. The largest absolute Gasteiger partial charge is 0.387 e. The molecule has 0 saturated carbocycles. The fourth-order valence-electron chi connectivity index (χ4n) is 2.02. The standard InChI is InChI=1S/C12H16BrNO/c1-2-12(15)8-14(9-12)7-10-4-3-5-11(13)6-10/h3-6,15H,2,7-9H2,1H3. The van der Waals surface area contributed by atoms with E-state index in [0.717, 1.165) is 30.5 Å². The molecule has 82 valence electrons. The lowest BCUT2D eigenvalue weighted by molar-refractivity contribution is -0.103. The number of benzene rings is 1. The normalized spacial score (nSPS) is 19.9. The average molecular weight is 270 g/mol. The summed E-state index contributed by atoms with van der Waals surface area (Å²) in [6.45, 7) is 4.57. The minimum Gasteiger partial charge on any atom is -0.387 e. The Labute approximate surface area is 99.0 Å². The molecule has 0 spiro atoms. The lowest BCUT2D eigenvalue weighted by Crippen LogP contribution is -2.60. The highest BCUT2D eigenvalue weighted by Crippen LogP contribution is 2.26. The van der Waals surface area contributed by atoms with Crippen LogP contribution in [0.15, 0.2) is 28.7 Å². The first-order valence-electron chi connectivity index (χ1n) is 5.30. The fraction of sp³-hybridized carbons (Fsp3) is 0.500. The molecule has 15 heavy (non-hydrogen) atoms. The van der Waals surface area contributed by atoms with Crippen molar-refractivity contribution in [1.82, 2.24) is 4.90 Å². The van der Waals surface area contributed by atoms with E-state index >= 15 is 0 Å². The van der Waals surface area contributed by atoms with Crippen LogP contribution in [-0.2, 0) is 6.54 Å². The van der Waals surface area contributed by atoms with Crippen LogP contribution in [0, 0.1) is 0 Å². The van der Waals surface area contributed by atoms with Crippen molar-refractivity contribution in [3.05, 3.63) is 34.3 Å². The number of nitrogens with zero attached hydrogens (tertiary/aromatic N) is 1. The second-order valence-electron chi connectivity index (χ2n) is 4.35. The van der Waals surface area contributed by atoms with Gasteiger partial charge in [-0.2, -0.15) is 0 Å². The number of hydrogen-bond acceptors (Lipinski definition) is 2. The molecular weight excluding hydrogens is 254 g/mol. The Morgan fingerprint density at radius 1 is 1.47 bits per heavy atom. The summed E-state index contributed by atoms with van der Waals surface area (Å²) in [6, 6.07) is 8.32. The van der Waals surface area contributed by atoms with Crippen molar-refractivity contribution in [3.8, 4) is 0 Å². The first kappa shape index (κ1) is 11.1. The lowest BCUT2D eigenvalue weighted by Gasteiger charge is -2.46. The van der Waals surface area contributed by atoms with Gasteiger partial charge in [-0.1, -0.05) is 35.0 Å². The third kappa shape index (κ3) is 2.60. The SMILES string of the molecule is CCC1(O)CN(Cc2cccc(Br)c2)C1. The van der Waals surface area contributed by atoms with Gasteiger partial charge in [0.15, 0.2) is 0 Å². The second kappa shape index (κ2) is 4.24. The maximum absolute atomic E-state index is 9.87. The van der Waals surface area contributed by atoms with Gasteiger partial charge in [-0.25, -0.2) is 0 Å². The van der Waals surface area contributed by atoms with E-state index in [9.17, 15) is 5.11 Å². The molecule has 1 fully saturated rings. The highest BCUT2D eigenvalue weighted by Gasteiger charge is 2.38. The van der Waals surface area contributed by atoms with Crippen LogP contribution in [0.4, 0.5) is 0 Å². The lowest BCUT2D eigenvalue weighted by atomic mass is 9.91. The van der Waals surface area contributed by atoms with Crippen molar-refractivity contribution < 1.29 is 5.11 Å². The number of halogens is 1. The summed E-state index contributed by atoms with van der Waals surface area (Å²) in [5, 5.41) is 9.87. The molecule has 1 aromatic carbocycles. The minimum atomic E-state index is -0.425. The van der Waals surface area contributed by atoms with E-state index in [1.165, 1.54) is 5.56 Å². The van der Waals surface area contributed by atoms with Gasteiger partial charge in [-0.15, -0.1) is 0 Å². The van der Waals surface area contributed by atoms with Gasteiger partial charge < -0.3 is 5.11 Å². The molecule has 0 bridgehead atoms. The van der Waals surface area contributed by atoms with Crippen molar-refractivity contribution in [2.24, 2.45) is 0 Å². The topological polar surface area (TPSA) is 23.5 Å². The van der Waals surface area contributed by atoms with Crippen LogP contribution in [0.25, 0.3) is 0 Å². The Morgan fingerprint density at radius 2 is 2.20 bits per heavy atom. The van der Waals surface area contributed by atoms with Gasteiger partial charge in [0.2, 0.25) is 0 Å². The number of aliphatic hydroxyl groups is 1. The molecule has 1 aromatic rings. The number of likely N-dealkylation sites (tertiary alicyclic amines) is 1. The van der Waals surface area contributed by atoms with Crippen LogP contribution in [0.3, 0.4) is 0 Å². The van der Waals surface area contributed by atoms with Gasteiger partial charge >= 0.3 is 0 Å². The van der Waals surface area contributed by atoms with Gasteiger partial charge in [0, 0.05) is 24.1 Å². The molecule has 0 radical (unpaired) electrons. The maximum Gasteiger partial charge on any atom is 0.0897 e. The van der Waals surface area contributed by atoms with E-state index in [4.69, 9.17) is 0 Å². The highest BCUT2D eigenvalue weighted by molar-refractivity contribution is 9.10. The van der Waals surface area contributed by atoms with Crippen molar-refractivity contribution in [3.63, 3.8) is 0 Å². The molecule has 2 rings (SSSR count). The highest BCUT2D eigenvalue weighted by atomic mass is 79.9. The third-order valence-electron chi connectivity index (χ3n) is 2.99. The second-order valence-corrected chi connectivity index (χ2v) is 5.27.